The van der Waals surface area contributed by atoms with E-state index in [0.29, 0.717) is 24.1 Å². The van der Waals surface area contributed by atoms with Crippen LogP contribution in [0.5, 0.6) is 0 Å². The Labute approximate surface area is 115 Å². The Morgan fingerprint density at radius 1 is 1.32 bits per heavy atom. The van der Waals surface area contributed by atoms with Gasteiger partial charge in [0, 0.05) is 31.2 Å². The van der Waals surface area contributed by atoms with Crippen molar-refractivity contribution in [3.8, 4) is 0 Å². The molecule has 3 fully saturated rings. The molecule has 4 nitrogen and oxygen atoms in total. The molecule has 2 aliphatic carbocycles. The molecule has 4 heteroatoms. The van der Waals surface area contributed by atoms with E-state index in [9.17, 15) is 4.79 Å². The van der Waals surface area contributed by atoms with E-state index in [1.165, 1.54) is 32.1 Å². The standard InChI is InChI=1S/C15H26N2O2/c1-2-19-13-10-12(15(13)6-5-7-15)16-11-14(18)17-8-3-4-9-17/h12-13,16H,2-11H2,1H3. The van der Waals surface area contributed by atoms with Crippen molar-refractivity contribution in [2.24, 2.45) is 5.41 Å². The summed E-state index contributed by atoms with van der Waals surface area (Å²) in [6.45, 7) is 5.32. The molecule has 1 amide bonds. The zero-order chi connectivity index (χ0) is 13.3. The molecule has 0 aromatic rings. The summed E-state index contributed by atoms with van der Waals surface area (Å²) in [5.41, 5.74) is 0.362. The van der Waals surface area contributed by atoms with Gasteiger partial charge in [0.05, 0.1) is 12.6 Å². The molecule has 2 atom stereocenters. The van der Waals surface area contributed by atoms with Gasteiger partial charge in [0.15, 0.2) is 0 Å². The summed E-state index contributed by atoms with van der Waals surface area (Å²) in [7, 11) is 0. The van der Waals surface area contributed by atoms with Gasteiger partial charge in [0.25, 0.3) is 0 Å². The van der Waals surface area contributed by atoms with Crippen molar-refractivity contribution in [3.63, 3.8) is 0 Å². The summed E-state index contributed by atoms with van der Waals surface area (Å²) >= 11 is 0. The number of amides is 1. The number of likely N-dealkylation sites (tertiary alicyclic amines) is 1. The molecule has 1 heterocycles. The van der Waals surface area contributed by atoms with Crippen LogP contribution in [0.4, 0.5) is 0 Å². The third-order valence-corrected chi connectivity index (χ3v) is 5.40. The van der Waals surface area contributed by atoms with Crippen molar-refractivity contribution < 1.29 is 9.53 Å². The van der Waals surface area contributed by atoms with E-state index >= 15 is 0 Å². The Kier molecular flexibility index (Phi) is 3.81. The smallest absolute Gasteiger partial charge is 0.236 e. The van der Waals surface area contributed by atoms with Gasteiger partial charge in [-0.25, -0.2) is 0 Å². The van der Waals surface area contributed by atoms with Crippen LogP contribution in [0.1, 0.15) is 45.4 Å². The zero-order valence-electron chi connectivity index (χ0n) is 12.0. The zero-order valence-corrected chi connectivity index (χ0v) is 12.0. The van der Waals surface area contributed by atoms with Gasteiger partial charge in [-0.3, -0.25) is 4.79 Å². The minimum atomic E-state index is 0.284. The highest BCUT2D eigenvalue weighted by molar-refractivity contribution is 5.78. The van der Waals surface area contributed by atoms with E-state index in [0.717, 1.165) is 26.1 Å². The lowest BCUT2D eigenvalue weighted by Gasteiger charge is -2.61. The predicted molar refractivity (Wildman–Crippen MR) is 73.9 cm³/mol. The Morgan fingerprint density at radius 3 is 2.63 bits per heavy atom. The van der Waals surface area contributed by atoms with Crippen LogP contribution in [0.15, 0.2) is 0 Å². The maximum atomic E-state index is 12.0. The van der Waals surface area contributed by atoms with Gasteiger partial charge < -0.3 is 15.0 Å². The van der Waals surface area contributed by atoms with Crippen LogP contribution in [-0.2, 0) is 9.53 Å². The second-order valence-corrected chi connectivity index (χ2v) is 6.29. The van der Waals surface area contributed by atoms with Crippen LogP contribution in [0.2, 0.25) is 0 Å². The predicted octanol–water partition coefficient (Wildman–Crippen LogP) is 1.55. The number of carbonyl (C=O) groups excluding carboxylic acids is 1. The second kappa shape index (κ2) is 5.41. The van der Waals surface area contributed by atoms with Crippen LogP contribution in [0, 0.1) is 5.41 Å². The van der Waals surface area contributed by atoms with E-state index in [1.54, 1.807) is 0 Å². The number of carbonyl (C=O) groups is 1. The molecule has 1 saturated heterocycles. The van der Waals surface area contributed by atoms with Gasteiger partial charge in [-0.2, -0.15) is 0 Å². The first kappa shape index (κ1) is 13.4. The SMILES string of the molecule is CCOC1CC(NCC(=O)N2CCCC2)C12CCC2. The van der Waals surface area contributed by atoms with E-state index in [1.807, 2.05) is 4.90 Å². The molecule has 2 saturated carbocycles. The van der Waals surface area contributed by atoms with E-state index < -0.39 is 0 Å². The summed E-state index contributed by atoms with van der Waals surface area (Å²) in [4.78, 5) is 14.0. The normalized spacial score (nSPS) is 32.2. The van der Waals surface area contributed by atoms with Crippen LogP contribution in [0.25, 0.3) is 0 Å². The van der Waals surface area contributed by atoms with Crippen molar-refractivity contribution in [2.75, 3.05) is 26.2 Å². The average Bonchev–Trinajstić information content (AvgIpc) is 2.84. The molecule has 0 aromatic carbocycles. The lowest BCUT2D eigenvalue weighted by atomic mass is 9.51. The number of hydrogen-bond acceptors (Lipinski definition) is 3. The van der Waals surface area contributed by atoms with Gasteiger partial charge in [-0.1, -0.05) is 6.42 Å². The van der Waals surface area contributed by atoms with Gasteiger partial charge in [0.1, 0.15) is 0 Å². The molecular formula is C15H26N2O2. The molecule has 2 unspecified atom stereocenters. The highest BCUT2D eigenvalue weighted by Crippen LogP contribution is 2.57. The highest BCUT2D eigenvalue weighted by Gasteiger charge is 2.58. The van der Waals surface area contributed by atoms with Crippen molar-refractivity contribution in [2.45, 2.75) is 57.6 Å². The van der Waals surface area contributed by atoms with E-state index in [-0.39, 0.29) is 5.91 Å². The van der Waals surface area contributed by atoms with Crippen LogP contribution < -0.4 is 5.32 Å². The molecule has 0 bridgehead atoms. The fraction of sp³-hybridized carbons (Fsp3) is 0.933. The Balaban J connectivity index is 1.47. The molecular weight excluding hydrogens is 240 g/mol. The van der Waals surface area contributed by atoms with Crippen LogP contribution in [-0.4, -0.2) is 49.2 Å². The molecule has 3 aliphatic rings. The largest absolute Gasteiger partial charge is 0.378 e. The minimum Gasteiger partial charge on any atom is -0.378 e. The Hall–Kier alpha value is -0.610. The third kappa shape index (κ3) is 2.29. The van der Waals surface area contributed by atoms with Crippen molar-refractivity contribution >= 4 is 5.91 Å². The van der Waals surface area contributed by atoms with Gasteiger partial charge >= 0.3 is 0 Å². The minimum absolute atomic E-state index is 0.284. The lowest BCUT2D eigenvalue weighted by Crippen LogP contribution is -2.67. The Morgan fingerprint density at radius 2 is 2.05 bits per heavy atom. The first-order valence-corrected chi connectivity index (χ1v) is 7.89. The number of hydrogen-bond donors (Lipinski definition) is 1. The first-order chi connectivity index (χ1) is 9.26. The fourth-order valence-electron chi connectivity index (χ4n) is 4.01. The van der Waals surface area contributed by atoms with Crippen LogP contribution in [0.3, 0.4) is 0 Å². The van der Waals surface area contributed by atoms with E-state index in [2.05, 4.69) is 12.2 Å². The molecule has 3 rings (SSSR count). The molecule has 0 radical (unpaired) electrons. The number of nitrogens with one attached hydrogen (secondary N) is 1. The third-order valence-electron chi connectivity index (χ3n) is 5.40. The average molecular weight is 266 g/mol. The number of nitrogens with zero attached hydrogens (tertiary/aromatic N) is 1. The highest BCUT2D eigenvalue weighted by atomic mass is 16.5. The topological polar surface area (TPSA) is 41.6 Å². The summed E-state index contributed by atoms with van der Waals surface area (Å²) < 4.78 is 5.84. The second-order valence-electron chi connectivity index (χ2n) is 6.29. The fourth-order valence-corrected chi connectivity index (χ4v) is 4.01. The van der Waals surface area contributed by atoms with Crippen molar-refractivity contribution in [1.82, 2.24) is 10.2 Å². The summed E-state index contributed by atoms with van der Waals surface area (Å²) in [6, 6.07) is 0.504. The van der Waals surface area contributed by atoms with E-state index in [4.69, 9.17) is 4.74 Å². The molecule has 0 aromatic heterocycles. The maximum Gasteiger partial charge on any atom is 0.236 e. The summed E-state index contributed by atoms with van der Waals surface area (Å²) in [5, 5.41) is 3.51. The van der Waals surface area contributed by atoms with Gasteiger partial charge in [0.2, 0.25) is 5.91 Å². The molecule has 19 heavy (non-hydrogen) atoms. The molecule has 108 valence electrons. The molecule has 1 spiro atoms. The lowest BCUT2D eigenvalue weighted by molar-refractivity contribution is -0.173. The number of rotatable bonds is 5. The van der Waals surface area contributed by atoms with Gasteiger partial charge in [-0.15, -0.1) is 0 Å². The monoisotopic (exact) mass is 266 g/mol. The maximum absolute atomic E-state index is 12.0. The first-order valence-electron chi connectivity index (χ1n) is 7.89. The van der Waals surface area contributed by atoms with Crippen molar-refractivity contribution in [1.29, 1.82) is 0 Å². The summed E-state index contributed by atoms with van der Waals surface area (Å²) in [5.74, 6) is 0.284. The van der Waals surface area contributed by atoms with Crippen LogP contribution >= 0.6 is 0 Å². The van der Waals surface area contributed by atoms with Crippen molar-refractivity contribution in [3.05, 3.63) is 0 Å². The number of ether oxygens (including phenoxy) is 1. The quantitative estimate of drug-likeness (QED) is 0.821. The molecule has 1 N–H and O–H groups in total. The Bertz CT molecular complexity index is 335. The molecule has 1 aliphatic heterocycles. The van der Waals surface area contributed by atoms with Gasteiger partial charge in [-0.05, 0) is 39.0 Å². The summed E-state index contributed by atoms with van der Waals surface area (Å²) in [6.07, 6.45) is 7.73.